The van der Waals surface area contributed by atoms with Gasteiger partial charge >= 0.3 is 0 Å². The number of hydrogen-bond donors (Lipinski definition) is 2. The van der Waals surface area contributed by atoms with Crippen LogP contribution < -0.4 is 5.73 Å². The maximum Gasteiger partial charge on any atom is 0.107 e. The van der Waals surface area contributed by atoms with Crippen LogP contribution in [-0.4, -0.2) is 16.5 Å². The molecule has 0 aliphatic rings. The maximum atomic E-state index is 5.45. The molecule has 2 aromatic rings. The van der Waals surface area contributed by atoms with Crippen LogP contribution in [0.3, 0.4) is 0 Å². The van der Waals surface area contributed by atoms with Crippen LogP contribution in [0.25, 0.3) is 11.0 Å². The summed E-state index contributed by atoms with van der Waals surface area (Å²) in [6.45, 7) is 0.756. The van der Waals surface area contributed by atoms with Crippen molar-refractivity contribution in [3.63, 3.8) is 0 Å². The zero-order valence-corrected chi connectivity index (χ0v) is 10.0. The van der Waals surface area contributed by atoms with Crippen LogP contribution in [0.2, 0.25) is 0 Å². The van der Waals surface area contributed by atoms with Crippen molar-refractivity contribution < 1.29 is 0 Å². The second-order valence-corrected chi connectivity index (χ2v) is 4.51. The molecule has 4 heteroatoms. The van der Waals surface area contributed by atoms with Crippen LogP contribution in [0.1, 0.15) is 18.7 Å². The molecule has 3 nitrogen and oxygen atoms in total. The fourth-order valence-corrected chi connectivity index (χ4v) is 1.95. The number of fused-ring (bicyclic) bond motifs is 1. The molecule has 1 aromatic heterocycles. The van der Waals surface area contributed by atoms with Crippen LogP contribution in [0.5, 0.6) is 0 Å². The standard InChI is InChI=1S/C11H14BrN3/c12-8-4-5-9-10(7-8)15-11(14-9)3-1-2-6-13/h4-5,7H,1-3,6,13H2,(H,14,15). The SMILES string of the molecule is NCCCCc1nc2ccc(Br)cc2[nH]1. The Hall–Kier alpha value is -0.870. The fraction of sp³-hybridized carbons (Fsp3) is 0.364. The predicted octanol–water partition coefficient (Wildman–Crippen LogP) is 2.61. The summed E-state index contributed by atoms with van der Waals surface area (Å²) in [4.78, 5) is 7.82. The molecule has 0 unspecified atom stereocenters. The van der Waals surface area contributed by atoms with E-state index in [1.165, 1.54) is 0 Å². The molecule has 0 saturated heterocycles. The Balaban J connectivity index is 2.16. The van der Waals surface area contributed by atoms with Crippen molar-refractivity contribution in [2.75, 3.05) is 6.54 Å². The second-order valence-electron chi connectivity index (χ2n) is 3.59. The summed E-state index contributed by atoms with van der Waals surface area (Å²) in [5.74, 6) is 1.05. The molecule has 0 atom stereocenters. The van der Waals surface area contributed by atoms with Gasteiger partial charge in [0.15, 0.2) is 0 Å². The van der Waals surface area contributed by atoms with Crippen molar-refractivity contribution in [3.05, 3.63) is 28.5 Å². The number of halogens is 1. The number of H-pyrrole nitrogens is 1. The van der Waals surface area contributed by atoms with Gasteiger partial charge < -0.3 is 10.7 Å². The number of nitrogens with one attached hydrogen (secondary N) is 1. The first kappa shape index (κ1) is 10.6. The normalized spacial score (nSPS) is 11.1. The number of aromatic nitrogens is 2. The van der Waals surface area contributed by atoms with E-state index < -0.39 is 0 Å². The predicted molar refractivity (Wildman–Crippen MR) is 65.8 cm³/mol. The summed E-state index contributed by atoms with van der Waals surface area (Å²) in [6.07, 6.45) is 3.13. The number of nitrogens with two attached hydrogens (primary N) is 1. The lowest BCUT2D eigenvalue weighted by atomic mass is 10.2. The highest BCUT2D eigenvalue weighted by molar-refractivity contribution is 9.10. The number of benzene rings is 1. The summed E-state index contributed by atoms with van der Waals surface area (Å²) in [6, 6.07) is 6.07. The Morgan fingerprint density at radius 1 is 1.33 bits per heavy atom. The van der Waals surface area contributed by atoms with E-state index >= 15 is 0 Å². The van der Waals surface area contributed by atoms with Gasteiger partial charge in [0.05, 0.1) is 11.0 Å². The number of nitrogens with zero attached hydrogens (tertiary/aromatic N) is 1. The van der Waals surface area contributed by atoms with Crippen LogP contribution >= 0.6 is 15.9 Å². The average molecular weight is 268 g/mol. The molecular weight excluding hydrogens is 254 g/mol. The van der Waals surface area contributed by atoms with Gasteiger partial charge in [0.1, 0.15) is 5.82 Å². The minimum absolute atomic E-state index is 0.756. The van der Waals surface area contributed by atoms with Crippen LogP contribution in [0.15, 0.2) is 22.7 Å². The largest absolute Gasteiger partial charge is 0.342 e. The van der Waals surface area contributed by atoms with Gasteiger partial charge in [0, 0.05) is 10.9 Å². The summed E-state index contributed by atoms with van der Waals surface area (Å²) in [7, 11) is 0. The highest BCUT2D eigenvalue weighted by atomic mass is 79.9. The van der Waals surface area contributed by atoms with Gasteiger partial charge in [0.25, 0.3) is 0 Å². The van der Waals surface area contributed by atoms with E-state index in [0.717, 1.165) is 47.1 Å². The topological polar surface area (TPSA) is 54.7 Å². The Morgan fingerprint density at radius 3 is 3.00 bits per heavy atom. The van der Waals surface area contributed by atoms with E-state index in [4.69, 9.17) is 5.73 Å². The lowest BCUT2D eigenvalue weighted by molar-refractivity contribution is 0.724. The summed E-state index contributed by atoms with van der Waals surface area (Å²) in [5.41, 5.74) is 7.57. The van der Waals surface area contributed by atoms with E-state index in [-0.39, 0.29) is 0 Å². The third kappa shape index (κ3) is 2.58. The van der Waals surface area contributed by atoms with Crippen molar-refractivity contribution in [3.8, 4) is 0 Å². The van der Waals surface area contributed by atoms with Crippen molar-refractivity contribution in [1.82, 2.24) is 9.97 Å². The quantitative estimate of drug-likeness (QED) is 0.837. The van der Waals surface area contributed by atoms with E-state index in [0.29, 0.717) is 0 Å². The highest BCUT2D eigenvalue weighted by Crippen LogP contribution is 2.18. The number of imidazole rings is 1. The summed E-state index contributed by atoms with van der Waals surface area (Å²) < 4.78 is 1.08. The molecule has 3 N–H and O–H groups in total. The molecule has 80 valence electrons. The number of aromatic amines is 1. The van der Waals surface area contributed by atoms with Crippen molar-refractivity contribution >= 4 is 27.0 Å². The molecule has 0 radical (unpaired) electrons. The first-order chi connectivity index (χ1) is 7.29. The van der Waals surface area contributed by atoms with Gasteiger partial charge in [0.2, 0.25) is 0 Å². The third-order valence-corrected chi connectivity index (χ3v) is 2.85. The van der Waals surface area contributed by atoms with Crippen LogP contribution in [-0.2, 0) is 6.42 Å². The minimum atomic E-state index is 0.756. The molecule has 0 amide bonds. The fourth-order valence-electron chi connectivity index (χ4n) is 1.59. The van der Waals surface area contributed by atoms with Gasteiger partial charge in [-0.05, 0) is 37.6 Å². The monoisotopic (exact) mass is 267 g/mol. The Bertz CT molecular complexity index is 450. The van der Waals surface area contributed by atoms with Gasteiger partial charge in [-0.15, -0.1) is 0 Å². The first-order valence-corrected chi connectivity index (χ1v) is 5.93. The molecule has 15 heavy (non-hydrogen) atoms. The lowest BCUT2D eigenvalue weighted by Gasteiger charge is -1.93. The van der Waals surface area contributed by atoms with Gasteiger partial charge in [-0.3, -0.25) is 0 Å². The van der Waals surface area contributed by atoms with Crippen molar-refractivity contribution in [2.24, 2.45) is 5.73 Å². The number of unbranched alkanes of at least 4 members (excludes halogenated alkanes) is 1. The molecule has 0 spiro atoms. The smallest absolute Gasteiger partial charge is 0.107 e. The molecular formula is C11H14BrN3. The van der Waals surface area contributed by atoms with Gasteiger partial charge in [-0.1, -0.05) is 15.9 Å². The van der Waals surface area contributed by atoms with Gasteiger partial charge in [-0.25, -0.2) is 4.98 Å². The third-order valence-electron chi connectivity index (χ3n) is 2.36. The maximum absolute atomic E-state index is 5.45. The zero-order valence-electron chi connectivity index (χ0n) is 8.46. The minimum Gasteiger partial charge on any atom is -0.342 e. The van der Waals surface area contributed by atoms with Crippen LogP contribution in [0, 0.1) is 0 Å². The van der Waals surface area contributed by atoms with E-state index in [9.17, 15) is 0 Å². The lowest BCUT2D eigenvalue weighted by Crippen LogP contribution is -1.99. The van der Waals surface area contributed by atoms with E-state index in [2.05, 4.69) is 32.0 Å². The molecule has 0 fully saturated rings. The highest BCUT2D eigenvalue weighted by Gasteiger charge is 2.02. The number of hydrogen-bond acceptors (Lipinski definition) is 2. The number of rotatable bonds is 4. The molecule has 1 aromatic carbocycles. The molecule has 0 aliphatic carbocycles. The van der Waals surface area contributed by atoms with Crippen LogP contribution in [0.4, 0.5) is 0 Å². The van der Waals surface area contributed by atoms with E-state index in [1.54, 1.807) is 0 Å². The Morgan fingerprint density at radius 2 is 2.20 bits per heavy atom. The Labute approximate surface area is 97.2 Å². The molecule has 0 saturated carbocycles. The average Bonchev–Trinajstić information content (AvgIpc) is 2.60. The van der Waals surface area contributed by atoms with E-state index in [1.807, 2.05) is 12.1 Å². The Kier molecular flexibility index (Phi) is 3.38. The second kappa shape index (κ2) is 4.77. The molecule has 1 heterocycles. The summed E-state index contributed by atoms with van der Waals surface area (Å²) >= 11 is 3.44. The number of aryl methyl sites for hydroxylation is 1. The molecule has 2 rings (SSSR count). The first-order valence-electron chi connectivity index (χ1n) is 5.14. The molecule has 0 aliphatic heterocycles. The van der Waals surface area contributed by atoms with Crippen molar-refractivity contribution in [1.29, 1.82) is 0 Å². The summed E-state index contributed by atoms with van der Waals surface area (Å²) in [5, 5.41) is 0. The van der Waals surface area contributed by atoms with Crippen molar-refractivity contribution in [2.45, 2.75) is 19.3 Å². The van der Waals surface area contributed by atoms with Gasteiger partial charge in [-0.2, -0.15) is 0 Å². The zero-order chi connectivity index (χ0) is 10.7. The molecule has 0 bridgehead atoms.